The summed E-state index contributed by atoms with van der Waals surface area (Å²) in [4.78, 5) is 0. The third-order valence-electron chi connectivity index (χ3n) is 2.35. The molecular formula is C9H13N3O. The number of hydrogen-bond donors (Lipinski definition) is 1. The van der Waals surface area contributed by atoms with E-state index >= 15 is 0 Å². The van der Waals surface area contributed by atoms with Crippen LogP contribution in [0.5, 0.6) is 0 Å². The molecule has 0 aliphatic carbocycles. The van der Waals surface area contributed by atoms with Crippen molar-refractivity contribution in [2.45, 2.75) is 18.8 Å². The summed E-state index contributed by atoms with van der Waals surface area (Å²) >= 11 is 0. The number of rotatable bonds is 1. The molecule has 4 heteroatoms. The summed E-state index contributed by atoms with van der Waals surface area (Å²) in [6, 6.07) is 3.76. The first-order valence-electron chi connectivity index (χ1n) is 4.53. The fraction of sp³-hybridized carbons (Fsp3) is 0.556. The summed E-state index contributed by atoms with van der Waals surface area (Å²) in [6.07, 6.45) is 2.08. The van der Waals surface area contributed by atoms with Crippen LogP contribution in [0.25, 0.3) is 0 Å². The number of nitrogens with zero attached hydrogens (tertiary/aromatic N) is 2. The van der Waals surface area contributed by atoms with Crippen molar-refractivity contribution in [3.05, 3.63) is 17.8 Å². The molecule has 1 aliphatic rings. The van der Waals surface area contributed by atoms with E-state index in [9.17, 15) is 0 Å². The minimum Gasteiger partial charge on any atom is -0.382 e. The van der Waals surface area contributed by atoms with Gasteiger partial charge in [0.25, 0.3) is 0 Å². The van der Waals surface area contributed by atoms with Crippen molar-refractivity contribution in [1.82, 2.24) is 10.2 Å². The van der Waals surface area contributed by atoms with Crippen LogP contribution in [-0.4, -0.2) is 23.4 Å². The zero-order valence-electron chi connectivity index (χ0n) is 7.44. The van der Waals surface area contributed by atoms with E-state index in [-0.39, 0.29) is 0 Å². The Morgan fingerprint density at radius 2 is 2.00 bits per heavy atom. The predicted octanol–water partition coefficient (Wildman–Crippen LogP) is 0.953. The molecule has 0 atom stereocenters. The highest BCUT2D eigenvalue weighted by atomic mass is 16.5. The molecule has 1 aromatic rings. The van der Waals surface area contributed by atoms with Gasteiger partial charge < -0.3 is 10.5 Å². The minimum absolute atomic E-state index is 0.482. The molecule has 0 spiro atoms. The summed E-state index contributed by atoms with van der Waals surface area (Å²) in [5, 5.41) is 7.91. The maximum Gasteiger partial charge on any atom is 0.146 e. The zero-order valence-corrected chi connectivity index (χ0v) is 7.44. The van der Waals surface area contributed by atoms with E-state index in [0.29, 0.717) is 11.7 Å². The second-order valence-electron chi connectivity index (χ2n) is 3.27. The molecule has 2 heterocycles. The maximum atomic E-state index is 5.46. The molecule has 13 heavy (non-hydrogen) atoms. The van der Waals surface area contributed by atoms with Crippen molar-refractivity contribution in [3.63, 3.8) is 0 Å². The van der Waals surface area contributed by atoms with Gasteiger partial charge in [-0.05, 0) is 25.0 Å². The Hall–Kier alpha value is -1.16. The van der Waals surface area contributed by atoms with Crippen LogP contribution in [0.3, 0.4) is 0 Å². The molecule has 0 saturated carbocycles. The van der Waals surface area contributed by atoms with Gasteiger partial charge in [0, 0.05) is 19.1 Å². The Balaban J connectivity index is 2.10. The summed E-state index contributed by atoms with van der Waals surface area (Å²) in [6.45, 7) is 1.66. The number of nitrogen functional groups attached to an aromatic ring is 1. The van der Waals surface area contributed by atoms with Gasteiger partial charge in [0.15, 0.2) is 0 Å². The number of nitrogens with two attached hydrogens (primary N) is 1. The van der Waals surface area contributed by atoms with Gasteiger partial charge in [-0.2, -0.15) is 5.10 Å². The Morgan fingerprint density at radius 1 is 1.23 bits per heavy atom. The van der Waals surface area contributed by atoms with E-state index in [1.54, 1.807) is 6.07 Å². The second kappa shape index (κ2) is 3.70. The van der Waals surface area contributed by atoms with Gasteiger partial charge in [-0.3, -0.25) is 0 Å². The molecule has 1 aliphatic heterocycles. The first kappa shape index (κ1) is 8.44. The van der Waals surface area contributed by atoms with Crippen molar-refractivity contribution >= 4 is 5.82 Å². The van der Waals surface area contributed by atoms with Gasteiger partial charge in [-0.15, -0.1) is 5.10 Å². The van der Waals surface area contributed by atoms with Crippen LogP contribution in [-0.2, 0) is 4.74 Å². The SMILES string of the molecule is Nc1ccc(C2CCOCC2)nn1. The normalized spacial score (nSPS) is 18.8. The summed E-state index contributed by atoms with van der Waals surface area (Å²) < 4.78 is 5.27. The molecule has 1 fully saturated rings. The molecule has 0 aromatic carbocycles. The fourth-order valence-electron chi connectivity index (χ4n) is 1.56. The van der Waals surface area contributed by atoms with Crippen LogP contribution in [0, 0.1) is 0 Å². The first-order chi connectivity index (χ1) is 6.36. The molecule has 70 valence electrons. The fourth-order valence-corrected chi connectivity index (χ4v) is 1.56. The van der Waals surface area contributed by atoms with Crippen LogP contribution in [0.4, 0.5) is 5.82 Å². The predicted molar refractivity (Wildman–Crippen MR) is 49.2 cm³/mol. The molecule has 0 radical (unpaired) electrons. The zero-order chi connectivity index (χ0) is 9.10. The Kier molecular flexibility index (Phi) is 2.40. The minimum atomic E-state index is 0.482. The average molecular weight is 179 g/mol. The molecule has 0 bridgehead atoms. The van der Waals surface area contributed by atoms with E-state index in [2.05, 4.69) is 10.2 Å². The van der Waals surface area contributed by atoms with Crippen LogP contribution in [0.2, 0.25) is 0 Å². The van der Waals surface area contributed by atoms with Gasteiger partial charge in [-0.25, -0.2) is 0 Å². The topological polar surface area (TPSA) is 61.0 Å². The quantitative estimate of drug-likeness (QED) is 0.697. The lowest BCUT2D eigenvalue weighted by Crippen LogP contribution is -2.15. The van der Waals surface area contributed by atoms with Gasteiger partial charge in [0.05, 0.1) is 5.69 Å². The molecule has 2 N–H and O–H groups in total. The van der Waals surface area contributed by atoms with E-state index in [1.807, 2.05) is 6.07 Å². The highest BCUT2D eigenvalue weighted by molar-refractivity contribution is 5.26. The average Bonchev–Trinajstić information content (AvgIpc) is 2.20. The molecule has 4 nitrogen and oxygen atoms in total. The smallest absolute Gasteiger partial charge is 0.146 e. The molecule has 0 amide bonds. The van der Waals surface area contributed by atoms with Crippen molar-refractivity contribution in [2.75, 3.05) is 18.9 Å². The number of anilines is 1. The summed E-state index contributed by atoms with van der Waals surface area (Å²) in [7, 11) is 0. The lowest BCUT2D eigenvalue weighted by molar-refractivity contribution is 0.0843. The van der Waals surface area contributed by atoms with Crippen LogP contribution in [0.1, 0.15) is 24.5 Å². The van der Waals surface area contributed by atoms with Crippen molar-refractivity contribution < 1.29 is 4.74 Å². The molecular weight excluding hydrogens is 166 g/mol. The van der Waals surface area contributed by atoms with Crippen LogP contribution >= 0.6 is 0 Å². The van der Waals surface area contributed by atoms with Crippen molar-refractivity contribution in [3.8, 4) is 0 Å². The number of aromatic nitrogens is 2. The summed E-state index contributed by atoms with van der Waals surface area (Å²) in [5.74, 6) is 0.984. The third kappa shape index (κ3) is 1.95. The largest absolute Gasteiger partial charge is 0.382 e. The van der Waals surface area contributed by atoms with Crippen molar-refractivity contribution in [1.29, 1.82) is 0 Å². The second-order valence-corrected chi connectivity index (χ2v) is 3.27. The van der Waals surface area contributed by atoms with Gasteiger partial charge in [0.2, 0.25) is 0 Å². The van der Waals surface area contributed by atoms with Gasteiger partial charge in [0.1, 0.15) is 5.82 Å². The van der Waals surface area contributed by atoms with E-state index in [0.717, 1.165) is 31.7 Å². The van der Waals surface area contributed by atoms with Gasteiger partial charge in [-0.1, -0.05) is 0 Å². The van der Waals surface area contributed by atoms with Crippen LogP contribution < -0.4 is 5.73 Å². The molecule has 2 rings (SSSR count). The molecule has 1 aromatic heterocycles. The Labute approximate surface area is 77.1 Å². The van der Waals surface area contributed by atoms with E-state index in [4.69, 9.17) is 10.5 Å². The van der Waals surface area contributed by atoms with E-state index in [1.165, 1.54) is 0 Å². The number of ether oxygens (including phenoxy) is 1. The third-order valence-corrected chi connectivity index (χ3v) is 2.35. The standard InChI is InChI=1S/C9H13N3O/c10-9-2-1-8(11-12-9)7-3-5-13-6-4-7/h1-2,7H,3-6H2,(H2,10,12). The number of hydrogen-bond acceptors (Lipinski definition) is 4. The highest BCUT2D eigenvalue weighted by Crippen LogP contribution is 2.24. The lowest BCUT2D eigenvalue weighted by atomic mass is 9.96. The Morgan fingerprint density at radius 3 is 2.62 bits per heavy atom. The molecule has 0 unspecified atom stereocenters. The highest BCUT2D eigenvalue weighted by Gasteiger charge is 2.16. The maximum absolute atomic E-state index is 5.46. The lowest BCUT2D eigenvalue weighted by Gasteiger charge is -2.20. The first-order valence-corrected chi connectivity index (χ1v) is 4.53. The van der Waals surface area contributed by atoms with E-state index < -0.39 is 0 Å². The Bertz CT molecular complexity index is 267. The summed E-state index contributed by atoms with van der Waals surface area (Å²) in [5.41, 5.74) is 6.50. The van der Waals surface area contributed by atoms with Crippen LogP contribution in [0.15, 0.2) is 12.1 Å². The van der Waals surface area contributed by atoms with Crippen molar-refractivity contribution in [2.24, 2.45) is 0 Å². The van der Waals surface area contributed by atoms with Gasteiger partial charge >= 0.3 is 0 Å². The molecule has 1 saturated heterocycles. The monoisotopic (exact) mass is 179 g/mol.